The van der Waals surface area contributed by atoms with Gasteiger partial charge in [0.05, 0.1) is 22.2 Å². The third-order valence-corrected chi connectivity index (χ3v) is 4.45. The molecule has 0 bridgehead atoms. The average molecular weight is 373 g/mol. The number of aromatic nitrogens is 3. The van der Waals surface area contributed by atoms with Gasteiger partial charge in [0.25, 0.3) is 0 Å². The minimum absolute atomic E-state index is 0.0565. The third-order valence-electron chi connectivity index (χ3n) is 4.45. The number of pyridine rings is 1. The molecule has 3 aromatic heterocycles. The van der Waals surface area contributed by atoms with Gasteiger partial charge in [-0.25, -0.2) is 4.98 Å². The molecule has 0 aliphatic heterocycles. The summed E-state index contributed by atoms with van der Waals surface area (Å²) in [6.07, 6.45) is 5.61. The van der Waals surface area contributed by atoms with Crippen LogP contribution in [0.5, 0.6) is 0 Å². The molecule has 0 amide bonds. The molecule has 1 N–H and O–H groups in total. The largest absolute Gasteiger partial charge is 0.356 e. The van der Waals surface area contributed by atoms with Crippen LogP contribution in [0.25, 0.3) is 28.2 Å². The highest BCUT2D eigenvalue weighted by atomic mass is 16.6. The molecule has 4 rings (SSSR count). The molecule has 8 nitrogen and oxygen atoms in total. The van der Waals surface area contributed by atoms with Crippen LogP contribution >= 0.6 is 0 Å². The normalized spacial score (nSPS) is 10.9. The Kier molecular flexibility index (Phi) is 4.29. The Morgan fingerprint density at radius 2 is 2.11 bits per heavy atom. The lowest BCUT2D eigenvalue weighted by Gasteiger charge is -2.06. The number of rotatable bonds is 6. The molecular weight excluding hydrogens is 358 g/mol. The topological polar surface area (TPSA) is 111 Å². The second-order valence-electron chi connectivity index (χ2n) is 6.13. The molecule has 3 heterocycles. The van der Waals surface area contributed by atoms with Gasteiger partial charge in [-0.3, -0.25) is 10.1 Å². The molecule has 0 radical (unpaired) electrons. The van der Waals surface area contributed by atoms with Crippen LogP contribution in [0.1, 0.15) is 17.0 Å². The minimum atomic E-state index is -0.436. The van der Waals surface area contributed by atoms with Crippen molar-refractivity contribution in [2.24, 2.45) is 0 Å². The standard InChI is InChI=1S/C20H15N5O3/c1-2-18-19(15(9-21)23-28-18)14-8-16-20(22-10-14)17(25(26)27)12-24(16)11-13-6-4-3-5-7-13/h2-10,12,21H,1,11H2. The molecule has 8 heteroatoms. The Labute approximate surface area is 159 Å². The van der Waals surface area contributed by atoms with Crippen molar-refractivity contribution in [3.63, 3.8) is 0 Å². The molecule has 0 spiro atoms. The fourth-order valence-electron chi connectivity index (χ4n) is 3.17. The third kappa shape index (κ3) is 2.86. The fraction of sp³-hybridized carbons (Fsp3) is 0.0500. The second kappa shape index (κ2) is 6.92. The van der Waals surface area contributed by atoms with Crippen LogP contribution < -0.4 is 0 Å². The Morgan fingerprint density at radius 1 is 1.32 bits per heavy atom. The molecular formula is C20H15N5O3. The van der Waals surface area contributed by atoms with Gasteiger partial charge >= 0.3 is 5.69 Å². The maximum absolute atomic E-state index is 11.5. The van der Waals surface area contributed by atoms with Gasteiger partial charge in [0.15, 0.2) is 11.3 Å². The number of hydrogen-bond acceptors (Lipinski definition) is 6. The van der Waals surface area contributed by atoms with Gasteiger partial charge in [0.2, 0.25) is 0 Å². The van der Waals surface area contributed by atoms with E-state index in [9.17, 15) is 10.1 Å². The SMILES string of the molecule is C=Cc1onc(C=N)c1-c1cnc2c([N+](=O)[O-])cn(Cc3ccccc3)c2c1. The maximum Gasteiger partial charge on any atom is 0.312 e. The molecule has 0 saturated carbocycles. The van der Waals surface area contributed by atoms with Crippen molar-refractivity contribution in [1.82, 2.24) is 14.7 Å². The van der Waals surface area contributed by atoms with E-state index >= 15 is 0 Å². The average Bonchev–Trinajstić information content (AvgIpc) is 3.29. The zero-order valence-electron chi connectivity index (χ0n) is 14.7. The van der Waals surface area contributed by atoms with Crippen LogP contribution in [-0.2, 0) is 6.54 Å². The van der Waals surface area contributed by atoms with Crippen LogP contribution in [0.4, 0.5) is 5.69 Å². The first-order valence-corrected chi connectivity index (χ1v) is 8.42. The Bertz CT molecular complexity index is 1180. The van der Waals surface area contributed by atoms with Crippen LogP contribution in [0.2, 0.25) is 0 Å². The van der Waals surface area contributed by atoms with E-state index in [0.717, 1.165) is 11.8 Å². The van der Waals surface area contributed by atoms with E-state index in [2.05, 4.69) is 16.7 Å². The van der Waals surface area contributed by atoms with E-state index in [1.54, 1.807) is 10.6 Å². The first kappa shape index (κ1) is 17.3. The van der Waals surface area contributed by atoms with E-state index in [-0.39, 0.29) is 5.69 Å². The number of benzene rings is 1. The smallest absolute Gasteiger partial charge is 0.312 e. The highest BCUT2D eigenvalue weighted by molar-refractivity contribution is 5.94. The van der Waals surface area contributed by atoms with Crippen molar-refractivity contribution >= 4 is 29.0 Å². The van der Waals surface area contributed by atoms with Crippen molar-refractivity contribution in [2.45, 2.75) is 6.54 Å². The zero-order chi connectivity index (χ0) is 19.7. The van der Waals surface area contributed by atoms with Gasteiger partial charge < -0.3 is 14.5 Å². The highest BCUT2D eigenvalue weighted by Gasteiger charge is 2.22. The van der Waals surface area contributed by atoms with E-state index in [1.165, 1.54) is 18.5 Å². The lowest BCUT2D eigenvalue weighted by atomic mass is 10.0. The molecule has 0 unspecified atom stereocenters. The number of fused-ring (bicyclic) bond motifs is 1. The van der Waals surface area contributed by atoms with Gasteiger partial charge in [-0.2, -0.15) is 0 Å². The molecule has 0 saturated heterocycles. The van der Waals surface area contributed by atoms with Gasteiger partial charge in [-0.05, 0) is 17.7 Å². The summed E-state index contributed by atoms with van der Waals surface area (Å²) in [5.74, 6) is 0.412. The van der Waals surface area contributed by atoms with E-state index in [4.69, 9.17) is 9.93 Å². The predicted molar refractivity (Wildman–Crippen MR) is 105 cm³/mol. The Morgan fingerprint density at radius 3 is 2.79 bits per heavy atom. The quantitative estimate of drug-likeness (QED) is 0.308. The predicted octanol–water partition coefficient (Wildman–Crippen LogP) is 4.29. The lowest BCUT2D eigenvalue weighted by Crippen LogP contribution is -1.98. The summed E-state index contributed by atoms with van der Waals surface area (Å²) in [6, 6.07) is 11.5. The van der Waals surface area contributed by atoms with Crippen LogP contribution in [0.15, 0.2) is 59.9 Å². The number of nitrogens with zero attached hydrogens (tertiary/aromatic N) is 4. The summed E-state index contributed by atoms with van der Waals surface area (Å²) in [5.41, 5.74) is 3.43. The van der Waals surface area contributed by atoms with Gasteiger partial charge in [0.1, 0.15) is 5.69 Å². The molecule has 4 aromatic rings. The van der Waals surface area contributed by atoms with Crippen molar-refractivity contribution < 1.29 is 9.45 Å². The number of nitrogens with one attached hydrogen (secondary N) is 1. The molecule has 0 fully saturated rings. The minimum Gasteiger partial charge on any atom is -0.356 e. The molecule has 1 aromatic carbocycles. The molecule has 0 aliphatic rings. The molecule has 138 valence electrons. The molecule has 28 heavy (non-hydrogen) atoms. The first-order chi connectivity index (χ1) is 13.6. The zero-order valence-corrected chi connectivity index (χ0v) is 14.7. The Hall–Kier alpha value is -4.07. The lowest BCUT2D eigenvalue weighted by molar-refractivity contribution is -0.383. The van der Waals surface area contributed by atoms with Gasteiger partial charge in [-0.1, -0.05) is 42.1 Å². The summed E-state index contributed by atoms with van der Waals surface area (Å²) < 4.78 is 7.01. The second-order valence-corrected chi connectivity index (χ2v) is 6.13. The monoisotopic (exact) mass is 373 g/mol. The fourth-order valence-corrected chi connectivity index (χ4v) is 3.17. The van der Waals surface area contributed by atoms with E-state index < -0.39 is 4.92 Å². The summed E-state index contributed by atoms with van der Waals surface area (Å²) >= 11 is 0. The van der Waals surface area contributed by atoms with Crippen molar-refractivity contribution in [3.8, 4) is 11.1 Å². The van der Waals surface area contributed by atoms with Crippen molar-refractivity contribution in [2.75, 3.05) is 0 Å². The highest BCUT2D eigenvalue weighted by Crippen LogP contribution is 2.33. The van der Waals surface area contributed by atoms with E-state index in [0.29, 0.717) is 40.2 Å². The summed E-state index contributed by atoms with van der Waals surface area (Å²) in [4.78, 5) is 15.4. The van der Waals surface area contributed by atoms with Crippen molar-refractivity contribution in [3.05, 3.63) is 82.5 Å². The summed E-state index contributed by atoms with van der Waals surface area (Å²) in [6.45, 7) is 4.17. The summed E-state index contributed by atoms with van der Waals surface area (Å²) in [7, 11) is 0. The van der Waals surface area contributed by atoms with Crippen LogP contribution in [-0.4, -0.2) is 25.8 Å². The Balaban J connectivity index is 1.92. The van der Waals surface area contributed by atoms with Gasteiger partial charge in [0, 0.05) is 24.5 Å². The number of hydrogen-bond donors (Lipinski definition) is 1. The van der Waals surface area contributed by atoms with E-state index in [1.807, 2.05) is 30.3 Å². The van der Waals surface area contributed by atoms with Crippen LogP contribution in [0, 0.1) is 15.5 Å². The summed E-state index contributed by atoms with van der Waals surface area (Å²) in [5, 5.41) is 22.9. The number of nitro groups is 1. The maximum atomic E-state index is 11.5. The molecule has 0 atom stereocenters. The van der Waals surface area contributed by atoms with Crippen molar-refractivity contribution in [1.29, 1.82) is 5.41 Å². The van der Waals surface area contributed by atoms with Crippen LogP contribution in [0.3, 0.4) is 0 Å². The molecule has 0 aliphatic carbocycles. The first-order valence-electron chi connectivity index (χ1n) is 8.42. The van der Waals surface area contributed by atoms with Gasteiger partial charge in [-0.15, -0.1) is 0 Å².